The van der Waals surface area contributed by atoms with Crippen LogP contribution in [0.1, 0.15) is 19.3 Å². The average molecular weight is 403 g/mol. The fourth-order valence-electron chi connectivity index (χ4n) is 5.38. The third kappa shape index (κ3) is 3.24. The van der Waals surface area contributed by atoms with Crippen LogP contribution in [0, 0.1) is 5.41 Å². The molecular formula is C26H30N2O2. The minimum absolute atomic E-state index is 0.217. The first kappa shape index (κ1) is 19.1. The summed E-state index contributed by atoms with van der Waals surface area (Å²) in [5.41, 5.74) is 7.44. The molecule has 5 rings (SSSR count). The second-order valence-electron chi connectivity index (χ2n) is 8.88. The lowest BCUT2D eigenvalue weighted by atomic mass is 9.69. The number of benzene rings is 2. The fourth-order valence-corrected chi connectivity index (χ4v) is 5.38. The molecular weight excluding hydrogens is 372 g/mol. The number of hydrogen-bond acceptors (Lipinski definition) is 4. The van der Waals surface area contributed by atoms with Gasteiger partial charge in [0.2, 0.25) is 0 Å². The molecule has 0 saturated carbocycles. The number of rotatable bonds is 4. The maximum Gasteiger partial charge on any atom is 0.119 e. The van der Waals surface area contributed by atoms with Gasteiger partial charge in [-0.3, -0.25) is 0 Å². The highest BCUT2D eigenvalue weighted by molar-refractivity contribution is 5.57. The summed E-state index contributed by atoms with van der Waals surface area (Å²) in [6, 6.07) is 16.9. The van der Waals surface area contributed by atoms with E-state index in [1.807, 2.05) is 12.1 Å². The van der Waals surface area contributed by atoms with Gasteiger partial charge in [-0.15, -0.1) is 0 Å². The highest BCUT2D eigenvalue weighted by Gasteiger charge is 2.45. The van der Waals surface area contributed by atoms with Crippen LogP contribution in [0.4, 0.5) is 11.4 Å². The predicted octanol–water partition coefficient (Wildman–Crippen LogP) is 5.07. The van der Waals surface area contributed by atoms with Gasteiger partial charge >= 0.3 is 0 Å². The zero-order valence-electron chi connectivity index (χ0n) is 18.0. The normalized spacial score (nSPS) is 23.3. The summed E-state index contributed by atoms with van der Waals surface area (Å²) in [4.78, 5) is 4.99. The summed E-state index contributed by atoms with van der Waals surface area (Å²) in [7, 11) is 3.43. The van der Waals surface area contributed by atoms with Crippen LogP contribution >= 0.6 is 0 Å². The summed E-state index contributed by atoms with van der Waals surface area (Å²) < 4.78 is 10.6. The van der Waals surface area contributed by atoms with Crippen molar-refractivity contribution < 1.29 is 9.47 Å². The van der Waals surface area contributed by atoms with Crippen molar-refractivity contribution in [1.29, 1.82) is 0 Å². The predicted molar refractivity (Wildman–Crippen MR) is 123 cm³/mol. The van der Waals surface area contributed by atoms with E-state index in [9.17, 15) is 0 Å². The van der Waals surface area contributed by atoms with Crippen molar-refractivity contribution in [2.45, 2.75) is 19.3 Å². The number of hydrogen-bond donors (Lipinski definition) is 0. The van der Waals surface area contributed by atoms with Gasteiger partial charge in [-0.2, -0.15) is 0 Å². The highest BCUT2D eigenvalue weighted by Crippen LogP contribution is 2.51. The van der Waals surface area contributed by atoms with Crippen molar-refractivity contribution in [3.8, 4) is 11.5 Å². The fraction of sp³-hybridized carbons (Fsp3) is 0.385. The van der Waals surface area contributed by atoms with Crippen molar-refractivity contribution >= 4 is 11.4 Å². The van der Waals surface area contributed by atoms with E-state index in [4.69, 9.17) is 9.47 Å². The van der Waals surface area contributed by atoms with Crippen LogP contribution in [-0.2, 0) is 0 Å². The lowest BCUT2D eigenvalue weighted by Crippen LogP contribution is -2.31. The minimum atomic E-state index is 0.217. The van der Waals surface area contributed by atoms with Gasteiger partial charge in [0.15, 0.2) is 0 Å². The van der Waals surface area contributed by atoms with E-state index in [1.165, 1.54) is 29.8 Å². The van der Waals surface area contributed by atoms with Crippen LogP contribution in [0.5, 0.6) is 11.5 Å². The van der Waals surface area contributed by atoms with Gasteiger partial charge in [0.25, 0.3) is 0 Å². The van der Waals surface area contributed by atoms with E-state index >= 15 is 0 Å². The first-order valence-electron chi connectivity index (χ1n) is 10.8. The van der Waals surface area contributed by atoms with Crippen molar-refractivity contribution in [3.05, 3.63) is 71.8 Å². The van der Waals surface area contributed by atoms with Crippen LogP contribution in [0.25, 0.3) is 0 Å². The van der Waals surface area contributed by atoms with Crippen LogP contribution in [0.2, 0.25) is 0 Å². The Balaban J connectivity index is 1.30. The molecule has 1 unspecified atom stereocenters. The SMILES string of the molecule is C=C1CN(c2ccc(OC)cc2)CC12CCC1=C(CN(c3ccc(OC)cc3)C1)C2. The highest BCUT2D eigenvalue weighted by atomic mass is 16.5. The van der Waals surface area contributed by atoms with E-state index in [0.29, 0.717) is 0 Å². The molecule has 3 aliphatic rings. The molecule has 1 fully saturated rings. The van der Waals surface area contributed by atoms with Crippen molar-refractivity contribution in [1.82, 2.24) is 0 Å². The first-order valence-corrected chi connectivity index (χ1v) is 10.8. The summed E-state index contributed by atoms with van der Waals surface area (Å²) in [5.74, 6) is 1.82. The molecule has 0 N–H and O–H groups in total. The second kappa shape index (κ2) is 7.42. The molecule has 156 valence electrons. The third-order valence-corrected chi connectivity index (χ3v) is 7.22. The van der Waals surface area contributed by atoms with Crippen LogP contribution in [0.3, 0.4) is 0 Å². The average Bonchev–Trinajstić information content (AvgIpc) is 3.35. The zero-order valence-corrected chi connectivity index (χ0v) is 18.0. The Morgan fingerprint density at radius 3 is 1.93 bits per heavy atom. The van der Waals surface area contributed by atoms with Gasteiger partial charge in [-0.1, -0.05) is 6.58 Å². The van der Waals surface area contributed by atoms with Gasteiger partial charge in [0, 0.05) is 43.0 Å². The molecule has 30 heavy (non-hydrogen) atoms. The van der Waals surface area contributed by atoms with Crippen molar-refractivity contribution in [2.75, 3.05) is 50.2 Å². The van der Waals surface area contributed by atoms with Crippen LogP contribution in [-0.4, -0.2) is 40.4 Å². The van der Waals surface area contributed by atoms with E-state index < -0.39 is 0 Å². The van der Waals surface area contributed by atoms with Gasteiger partial charge in [0.05, 0.1) is 14.2 Å². The molecule has 0 bridgehead atoms. The smallest absolute Gasteiger partial charge is 0.119 e. The molecule has 0 amide bonds. The number of ether oxygens (including phenoxy) is 2. The minimum Gasteiger partial charge on any atom is -0.497 e. The molecule has 2 heterocycles. The number of nitrogens with zero attached hydrogens (tertiary/aromatic N) is 2. The monoisotopic (exact) mass is 402 g/mol. The van der Waals surface area contributed by atoms with Gasteiger partial charge in [0.1, 0.15) is 11.5 Å². The quantitative estimate of drug-likeness (QED) is 0.667. The molecule has 1 aliphatic carbocycles. The largest absolute Gasteiger partial charge is 0.497 e. The van der Waals surface area contributed by atoms with E-state index in [-0.39, 0.29) is 5.41 Å². The molecule has 2 aromatic carbocycles. The van der Waals surface area contributed by atoms with E-state index in [2.05, 4.69) is 52.8 Å². The Kier molecular flexibility index (Phi) is 4.73. The Morgan fingerprint density at radius 2 is 1.33 bits per heavy atom. The van der Waals surface area contributed by atoms with Crippen molar-refractivity contribution in [3.63, 3.8) is 0 Å². The second-order valence-corrected chi connectivity index (χ2v) is 8.88. The van der Waals surface area contributed by atoms with E-state index in [1.54, 1.807) is 25.4 Å². The standard InChI is InChI=1S/C26H30N2O2/c1-19-15-28(23-6-10-25(30-3)11-7-23)18-26(19)13-12-20-16-27(17-21(20)14-26)22-4-8-24(29-2)9-5-22/h4-11H,1,12-18H2,2-3H3. The molecule has 4 nitrogen and oxygen atoms in total. The summed E-state index contributed by atoms with van der Waals surface area (Å²) in [5, 5.41) is 0. The van der Waals surface area contributed by atoms with Gasteiger partial charge in [-0.05, 0) is 84.5 Å². The molecule has 1 spiro atoms. The maximum absolute atomic E-state index is 5.32. The molecule has 2 aromatic rings. The third-order valence-electron chi connectivity index (χ3n) is 7.22. The summed E-state index contributed by atoms with van der Waals surface area (Å²) in [6.45, 7) is 8.66. The maximum atomic E-state index is 5.32. The topological polar surface area (TPSA) is 24.9 Å². The molecule has 1 saturated heterocycles. The molecule has 4 heteroatoms. The van der Waals surface area contributed by atoms with Crippen LogP contribution in [0.15, 0.2) is 71.8 Å². The van der Waals surface area contributed by atoms with E-state index in [0.717, 1.165) is 44.1 Å². The Hall–Kier alpha value is -2.88. The summed E-state index contributed by atoms with van der Waals surface area (Å²) >= 11 is 0. The Morgan fingerprint density at radius 1 is 0.767 bits per heavy atom. The Bertz CT molecular complexity index is 977. The lowest BCUT2D eigenvalue weighted by molar-refractivity contribution is 0.346. The molecule has 0 radical (unpaired) electrons. The van der Waals surface area contributed by atoms with Crippen LogP contribution < -0.4 is 19.3 Å². The molecule has 1 atom stereocenters. The van der Waals surface area contributed by atoms with Gasteiger partial charge in [-0.25, -0.2) is 0 Å². The van der Waals surface area contributed by atoms with Crippen molar-refractivity contribution in [2.24, 2.45) is 5.41 Å². The molecule has 0 aromatic heterocycles. The van der Waals surface area contributed by atoms with Gasteiger partial charge < -0.3 is 19.3 Å². The number of anilines is 2. The molecule has 2 aliphatic heterocycles. The zero-order chi connectivity index (χ0) is 20.7. The number of methoxy groups -OCH3 is 2. The Labute approximate surface area is 179 Å². The summed E-state index contributed by atoms with van der Waals surface area (Å²) in [6.07, 6.45) is 3.56. The first-order chi connectivity index (χ1) is 14.6. The lowest BCUT2D eigenvalue weighted by Gasteiger charge is -2.35.